The van der Waals surface area contributed by atoms with Crippen LogP contribution in [0.25, 0.3) is 20.4 Å². The molecular formula is C18H13F3N4S2. The fourth-order valence-electron chi connectivity index (χ4n) is 3.21. The maximum atomic E-state index is 13.9. The molecule has 0 unspecified atom stereocenters. The number of fused-ring (bicyclic) bond motifs is 2. The number of piperazine rings is 1. The molecular weight excluding hydrogens is 393 g/mol. The molecule has 138 valence electrons. The highest BCUT2D eigenvalue weighted by Gasteiger charge is 2.23. The third kappa shape index (κ3) is 2.90. The largest absolute Gasteiger partial charge is 0.345 e. The van der Waals surface area contributed by atoms with Crippen LogP contribution in [0.2, 0.25) is 0 Å². The van der Waals surface area contributed by atoms with Crippen molar-refractivity contribution >= 4 is 53.4 Å². The zero-order valence-corrected chi connectivity index (χ0v) is 15.6. The van der Waals surface area contributed by atoms with Crippen LogP contribution in [-0.2, 0) is 0 Å². The molecule has 4 nitrogen and oxygen atoms in total. The average Bonchev–Trinajstić information content (AvgIpc) is 3.27. The number of thiazole rings is 2. The standard InChI is InChI=1S/C18H13F3N4S2/c19-10-8-12(21)16-14(9-10)27-18(23-16)25-6-4-24(5-7-25)17-22-15-11(20)2-1-3-13(15)26-17/h1-3,8-9H,4-7H2. The molecule has 0 N–H and O–H groups in total. The molecule has 0 aliphatic carbocycles. The van der Waals surface area contributed by atoms with Gasteiger partial charge in [0.15, 0.2) is 16.1 Å². The van der Waals surface area contributed by atoms with E-state index in [0.717, 1.165) is 15.9 Å². The van der Waals surface area contributed by atoms with E-state index >= 15 is 0 Å². The molecule has 1 fully saturated rings. The molecule has 0 spiro atoms. The minimum absolute atomic E-state index is 0.209. The first-order valence-corrected chi connectivity index (χ1v) is 10.0. The van der Waals surface area contributed by atoms with Crippen molar-refractivity contribution < 1.29 is 13.2 Å². The maximum Gasteiger partial charge on any atom is 0.186 e. The number of benzene rings is 2. The Bertz CT molecular complexity index is 1150. The predicted octanol–water partition coefficient (Wildman–Crippen LogP) is 4.65. The molecule has 27 heavy (non-hydrogen) atoms. The lowest BCUT2D eigenvalue weighted by Crippen LogP contribution is -2.46. The number of para-hydroxylation sites is 1. The van der Waals surface area contributed by atoms with Gasteiger partial charge < -0.3 is 9.80 Å². The summed E-state index contributed by atoms with van der Waals surface area (Å²) in [5.41, 5.74) is 0.615. The van der Waals surface area contributed by atoms with Gasteiger partial charge in [-0.15, -0.1) is 0 Å². The van der Waals surface area contributed by atoms with Gasteiger partial charge in [-0.2, -0.15) is 0 Å². The lowest BCUT2D eigenvalue weighted by molar-refractivity contribution is 0.591. The van der Waals surface area contributed by atoms with Crippen LogP contribution >= 0.6 is 22.7 Å². The summed E-state index contributed by atoms with van der Waals surface area (Å²) in [5, 5.41) is 1.48. The number of rotatable bonds is 2. The van der Waals surface area contributed by atoms with Crippen LogP contribution in [0.3, 0.4) is 0 Å². The van der Waals surface area contributed by atoms with Crippen LogP contribution in [-0.4, -0.2) is 36.1 Å². The molecule has 0 bridgehead atoms. The Balaban J connectivity index is 1.36. The highest BCUT2D eigenvalue weighted by Crippen LogP contribution is 2.34. The summed E-state index contributed by atoms with van der Waals surface area (Å²) in [4.78, 5) is 13.0. The van der Waals surface area contributed by atoms with Crippen LogP contribution in [0.4, 0.5) is 23.4 Å². The number of anilines is 2. The molecule has 0 saturated carbocycles. The molecule has 1 aliphatic heterocycles. The SMILES string of the molecule is Fc1cc(F)c2nc(N3CCN(c4nc5c(F)cccc5s4)CC3)sc2c1. The molecule has 1 saturated heterocycles. The fraction of sp³-hybridized carbons (Fsp3) is 0.222. The second-order valence-corrected chi connectivity index (χ2v) is 8.31. The van der Waals surface area contributed by atoms with Gasteiger partial charge in [-0.1, -0.05) is 28.7 Å². The van der Waals surface area contributed by atoms with Gasteiger partial charge in [0, 0.05) is 32.2 Å². The molecule has 2 aromatic heterocycles. The van der Waals surface area contributed by atoms with Gasteiger partial charge in [-0.05, 0) is 18.2 Å². The van der Waals surface area contributed by atoms with Gasteiger partial charge in [0.25, 0.3) is 0 Å². The van der Waals surface area contributed by atoms with Crippen LogP contribution in [0.1, 0.15) is 0 Å². The Morgan fingerprint density at radius 1 is 0.741 bits per heavy atom. The molecule has 5 rings (SSSR count). The molecule has 0 amide bonds. The number of halogens is 3. The second kappa shape index (κ2) is 6.35. The van der Waals surface area contributed by atoms with Crippen LogP contribution in [0, 0.1) is 17.5 Å². The van der Waals surface area contributed by atoms with Crippen molar-refractivity contribution in [2.75, 3.05) is 36.0 Å². The Hall–Kier alpha value is -2.39. The van der Waals surface area contributed by atoms with Crippen molar-refractivity contribution in [1.29, 1.82) is 0 Å². The van der Waals surface area contributed by atoms with Gasteiger partial charge in [-0.3, -0.25) is 0 Å². The third-order valence-electron chi connectivity index (χ3n) is 4.58. The molecule has 9 heteroatoms. The summed E-state index contributed by atoms with van der Waals surface area (Å²) < 4.78 is 42.5. The number of nitrogens with zero attached hydrogens (tertiary/aromatic N) is 4. The van der Waals surface area contributed by atoms with Gasteiger partial charge in [0.1, 0.15) is 22.7 Å². The summed E-state index contributed by atoms with van der Waals surface area (Å²) in [5.74, 6) is -1.54. The fourth-order valence-corrected chi connectivity index (χ4v) is 5.30. The first-order chi connectivity index (χ1) is 13.1. The van der Waals surface area contributed by atoms with Gasteiger partial charge in [-0.25, -0.2) is 23.1 Å². The molecule has 0 atom stereocenters. The summed E-state index contributed by atoms with van der Waals surface area (Å²) in [7, 11) is 0. The number of hydrogen-bond donors (Lipinski definition) is 0. The lowest BCUT2D eigenvalue weighted by Gasteiger charge is -2.34. The number of hydrogen-bond acceptors (Lipinski definition) is 6. The van der Waals surface area contributed by atoms with Crippen molar-refractivity contribution in [2.45, 2.75) is 0 Å². The minimum atomic E-state index is -0.636. The summed E-state index contributed by atoms with van der Waals surface area (Å²) in [6, 6.07) is 7.14. The minimum Gasteiger partial charge on any atom is -0.345 e. The first kappa shape index (κ1) is 16.8. The normalized spacial score (nSPS) is 15.2. The van der Waals surface area contributed by atoms with Gasteiger partial charge in [0.05, 0.1) is 9.40 Å². The van der Waals surface area contributed by atoms with Crippen molar-refractivity contribution in [1.82, 2.24) is 9.97 Å². The van der Waals surface area contributed by atoms with Gasteiger partial charge >= 0.3 is 0 Å². The summed E-state index contributed by atoms with van der Waals surface area (Å²) in [6.45, 7) is 2.77. The highest BCUT2D eigenvalue weighted by atomic mass is 32.1. The van der Waals surface area contributed by atoms with Crippen molar-refractivity contribution in [3.63, 3.8) is 0 Å². The van der Waals surface area contributed by atoms with E-state index in [1.165, 1.54) is 34.8 Å². The molecule has 1 aliphatic rings. The molecule has 0 radical (unpaired) electrons. The van der Waals surface area contributed by atoms with E-state index in [4.69, 9.17) is 0 Å². The quantitative estimate of drug-likeness (QED) is 0.485. The zero-order valence-electron chi connectivity index (χ0n) is 14.0. The van der Waals surface area contributed by atoms with Gasteiger partial charge in [0.2, 0.25) is 0 Å². The second-order valence-electron chi connectivity index (χ2n) is 6.29. The average molecular weight is 406 g/mol. The smallest absolute Gasteiger partial charge is 0.186 e. The highest BCUT2D eigenvalue weighted by molar-refractivity contribution is 7.22. The zero-order chi connectivity index (χ0) is 18.5. The maximum absolute atomic E-state index is 13.9. The lowest BCUT2D eigenvalue weighted by atomic mass is 10.3. The van der Waals surface area contributed by atoms with Crippen LogP contribution in [0.15, 0.2) is 30.3 Å². The van der Waals surface area contributed by atoms with Crippen LogP contribution in [0.5, 0.6) is 0 Å². The molecule has 4 aromatic rings. The molecule has 3 heterocycles. The van der Waals surface area contributed by atoms with E-state index in [1.807, 2.05) is 6.07 Å². The van der Waals surface area contributed by atoms with Crippen molar-refractivity contribution in [3.05, 3.63) is 47.8 Å². The summed E-state index contributed by atoms with van der Waals surface area (Å²) >= 11 is 2.76. The third-order valence-corrected chi connectivity index (χ3v) is 6.73. The van der Waals surface area contributed by atoms with Crippen molar-refractivity contribution in [2.24, 2.45) is 0 Å². The van der Waals surface area contributed by atoms with E-state index in [-0.39, 0.29) is 11.3 Å². The van der Waals surface area contributed by atoms with Crippen LogP contribution < -0.4 is 9.80 Å². The van der Waals surface area contributed by atoms with E-state index in [9.17, 15) is 13.2 Å². The predicted molar refractivity (Wildman–Crippen MR) is 104 cm³/mol. The summed E-state index contributed by atoms with van der Waals surface area (Å²) in [6.07, 6.45) is 0. The Labute approximate surface area is 160 Å². The van der Waals surface area contributed by atoms with E-state index in [1.54, 1.807) is 6.07 Å². The van der Waals surface area contributed by atoms with E-state index < -0.39 is 11.6 Å². The topological polar surface area (TPSA) is 32.3 Å². The van der Waals surface area contributed by atoms with E-state index in [0.29, 0.717) is 41.5 Å². The monoisotopic (exact) mass is 406 g/mol. The first-order valence-electron chi connectivity index (χ1n) is 8.39. The Kier molecular flexibility index (Phi) is 3.94. The molecule has 2 aromatic carbocycles. The Morgan fingerprint density at radius 3 is 1.96 bits per heavy atom. The van der Waals surface area contributed by atoms with Crippen molar-refractivity contribution in [3.8, 4) is 0 Å². The Morgan fingerprint density at radius 2 is 1.33 bits per heavy atom. The van der Waals surface area contributed by atoms with E-state index in [2.05, 4.69) is 19.8 Å². The number of aromatic nitrogens is 2.